The first-order valence-corrected chi connectivity index (χ1v) is 51.2. The smallest absolute Gasteiger partial charge is 0.161 e. The lowest BCUT2D eigenvalue weighted by molar-refractivity contribution is 0.670. The zero-order chi connectivity index (χ0) is 92.4. The summed E-state index contributed by atoms with van der Waals surface area (Å²) in [5, 5.41) is 17.9. The van der Waals surface area contributed by atoms with Gasteiger partial charge in [0.25, 0.3) is 0 Å². The SMILES string of the molecule is c1ccc(-c2ccc3c(c2)c2cc(-c4nc(-c5cccc6c5sc5ccccc56)c5sc6ccccc6c5n4)ccc2n3-c2ccccc2)cc1.c1ccc(-n2c3ccccc3c3c(-c4nc(-c5cccc6c5oc5ccccc56)c5sc6ccccc6c5n4)cccc32)cc1.c1ccc(-n2c3ccccc3c3c(-c4nc(-c5cccc6c5sc5ccccc56)c5sc6ccccc6c5n4)cccc32)cc1. The van der Waals surface area contributed by atoms with Gasteiger partial charge < -0.3 is 18.1 Å². The lowest BCUT2D eigenvalue weighted by Crippen LogP contribution is -1.95. The molecular weight excluding hydrogens is 1820 g/mol. The summed E-state index contributed by atoms with van der Waals surface area (Å²) >= 11 is 9.00. The molecule has 12 heterocycles. The van der Waals surface area contributed by atoms with Crippen molar-refractivity contribution < 1.29 is 4.42 Å². The monoisotopic (exact) mass is 1890 g/mol. The number of benzene rings is 19. The van der Waals surface area contributed by atoms with Crippen LogP contribution in [0.1, 0.15) is 0 Å². The molecule has 0 aliphatic rings. The van der Waals surface area contributed by atoms with Crippen LogP contribution in [0.25, 0.3) is 285 Å². The van der Waals surface area contributed by atoms with E-state index >= 15 is 0 Å². The molecule has 0 fully saturated rings. The Labute approximate surface area is 825 Å². The molecule has 0 unspecified atom stereocenters. The van der Waals surface area contributed by atoms with Gasteiger partial charge in [-0.15, -0.1) is 56.7 Å². The minimum Gasteiger partial charge on any atom is -0.455 e. The molecular formula is C126H73N9OS5. The Morgan fingerprint density at radius 3 is 0.972 bits per heavy atom. The van der Waals surface area contributed by atoms with Gasteiger partial charge in [-0.3, -0.25) is 0 Å². The van der Waals surface area contributed by atoms with E-state index in [4.69, 9.17) is 34.3 Å². The fraction of sp³-hybridized carbons (Fsp3) is 0. The van der Waals surface area contributed by atoms with Gasteiger partial charge in [-0.05, 0) is 145 Å². The van der Waals surface area contributed by atoms with Crippen molar-refractivity contribution >= 4 is 245 Å². The van der Waals surface area contributed by atoms with Crippen molar-refractivity contribution in [3.63, 3.8) is 0 Å². The van der Waals surface area contributed by atoms with Crippen LogP contribution in [0.5, 0.6) is 0 Å². The van der Waals surface area contributed by atoms with Gasteiger partial charge in [0, 0.05) is 164 Å². The van der Waals surface area contributed by atoms with Gasteiger partial charge in [0.1, 0.15) is 11.2 Å². The first-order valence-electron chi connectivity index (χ1n) is 47.1. The molecule has 15 heteroatoms. The van der Waals surface area contributed by atoms with Gasteiger partial charge in [0.2, 0.25) is 0 Å². The van der Waals surface area contributed by atoms with Crippen molar-refractivity contribution in [2.24, 2.45) is 0 Å². The molecule has 0 atom stereocenters. The number of para-hydroxylation sites is 7. The number of hydrogen-bond acceptors (Lipinski definition) is 12. The summed E-state index contributed by atoms with van der Waals surface area (Å²) in [7, 11) is 0. The van der Waals surface area contributed by atoms with Crippen LogP contribution in [-0.4, -0.2) is 43.6 Å². The number of rotatable bonds is 10. The van der Waals surface area contributed by atoms with Crippen LogP contribution in [0.15, 0.2) is 447 Å². The molecule has 0 radical (unpaired) electrons. The second-order valence-corrected chi connectivity index (χ2v) is 40.9. The fourth-order valence-corrected chi connectivity index (χ4v) is 27.3. The van der Waals surface area contributed by atoms with Crippen LogP contribution in [0.4, 0.5) is 0 Å². The normalized spacial score (nSPS) is 12.0. The molecule has 0 bridgehead atoms. The third-order valence-electron chi connectivity index (χ3n) is 27.7. The standard InChI is InChI=1S/C46H27N3S2.C40H23N3OS.C40H23N3S2/c1-3-12-28(13-4-1)29-22-24-38-36(26-29)37-27-30(23-25-39(37)49(38)31-14-5-2-6-15-31)46-47-42-34-17-8-10-21-41(34)51-45(42)43(48-46)35-19-11-18-33-32-16-7-9-20-40(32)50-44(33)35;2*1-2-12-24(13-3-1)43-31-20-7-4-15-27(31)35-29(18-11-21-32(35)43)40-41-36-28-16-6-9-23-34(28)45-39(36)37(42-40)30-19-10-17-26-25-14-5-8-22-33(25)44-38(26)30/h1-27H;2*1-23H. The summed E-state index contributed by atoms with van der Waals surface area (Å²) in [6.07, 6.45) is 0. The van der Waals surface area contributed by atoms with E-state index in [9.17, 15) is 0 Å². The third-order valence-corrected chi connectivity index (χ3v) is 33.6. The lowest BCUT2D eigenvalue weighted by atomic mass is 10.0. The third kappa shape index (κ3) is 13.0. The van der Waals surface area contributed by atoms with Gasteiger partial charge in [0.15, 0.2) is 17.5 Å². The number of aromatic nitrogens is 9. The second-order valence-electron chi connectivity index (χ2n) is 35.6. The molecule has 0 saturated carbocycles. The van der Waals surface area contributed by atoms with Crippen LogP contribution in [0, 0.1) is 0 Å². The number of hydrogen-bond donors (Lipinski definition) is 0. The topological polar surface area (TPSA) is 105 Å². The van der Waals surface area contributed by atoms with Crippen LogP contribution in [0.3, 0.4) is 0 Å². The molecule has 0 aliphatic heterocycles. The first-order chi connectivity index (χ1) is 69.9. The molecule has 141 heavy (non-hydrogen) atoms. The highest BCUT2D eigenvalue weighted by atomic mass is 32.1. The number of furan rings is 1. The van der Waals surface area contributed by atoms with E-state index in [2.05, 4.69) is 444 Å². The Morgan fingerprint density at radius 2 is 0.496 bits per heavy atom. The van der Waals surface area contributed by atoms with E-state index in [1.807, 2.05) is 34.8 Å². The molecule has 12 aromatic heterocycles. The summed E-state index contributed by atoms with van der Waals surface area (Å²) in [6, 6.07) is 157. The summed E-state index contributed by atoms with van der Waals surface area (Å²) in [4.78, 5) is 32.5. The summed E-state index contributed by atoms with van der Waals surface area (Å²) < 4.78 is 25.6. The minimum atomic E-state index is 0.704. The molecule has 0 amide bonds. The maximum absolute atomic E-state index is 6.53. The zero-order valence-corrected chi connectivity index (χ0v) is 79.2. The van der Waals surface area contributed by atoms with E-state index in [1.165, 1.54) is 114 Å². The van der Waals surface area contributed by atoms with Crippen LogP contribution < -0.4 is 0 Å². The molecule has 10 nitrogen and oxygen atoms in total. The van der Waals surface area contributed by atoms with E-state index in [0.29, 0.717) is 5.82 Å². The van der Waals surface area contributed by atoms with Gasteiger partial charge in [0.05, 0.1) is 80.8 Å². The fourth-order valence-electron chi connectivity index (χ4n) is 21.4. The van der Waals surface area contributed by atoms with Crippen molar-refractivity contribution in [1.82, 2.24) is 43.6 Å². The quantitative estimate of drug-likeness (QED) is 0.134. The van der Waals surface area contributed by atoms with Gasteiger partial charge in [-0.25, -0.2) is 29.9 Å². The molecule has 31 rings (SSSR count). The summed E-state index contributed by atoms with van der Waals surface area (Å²) in [5.41, 5.74) is 26.6. The average Bonchev–Trinajstić information content (AvgIpc) is 1.56. The Hall–Kier alpha value is -17.3. The molecule has 658 valence electrons. The zero-order valence-electron chi connectivity index (χ0n) is 75.1. The van der Waals surface area contributed by atoms with E-state index in [-0.39, 0.29) is 0 Å². The van der Waals surface area contributed by atoms with Crippen molar-refractivity contribution in [1.29, 1.82) is 0 Å². The van der Waals surface area contributed by atoms with Crippen LogP contribution >= 0.6 is 56.7 Å². The Balaban J connectivity index is 0.000000102. The van der Waals surface area contributed by atoms with E-state index in [1.54, 1.807) is 34.0 Å². The summed E-state index contributed by atoms with van der Waals surface area (Å²) in [5.74, 6) is 2.19. The van der Waals surface area contributed by atoms with Gasteiger partial charge >= 0.3 is 0 Å². The van der Waals surface area contributed by atoms with E-state index < -0.39 is 0 Å². The van der Waals surface area contributed by atoms with Crippen LogP contribution in [0.2, 0.25) is 0 Å². The largest absolute Gasteiger partial charge is 0.455 e. The summed E-state index contributed by atoms with van der Waals surface area (Å²) in [6.45, 7) is 0. The average molecular weight is 1890 g/mol. The van der Waals surface area contributed by atoms with Gasteiger partial charge in [-0.2, -0.15) is 0 Å². The highest BCUT2D eigenvalue weighted by Crippen LogP contribution is 2.52. The highest BCUT2D eigenvalue weighted by Gasteiger charge is 2.29. The predicted molar refractivity (Wildman–Crippen MR) is 599 cm³/mol. The number of fused-ring (bicyclic) bond motifs is 27. The molecule has 0 aliphatic carbocycles. The molecule has 0 saturated heterocycles. The number of thiophene rings is 5. The Kier molecular flexibility index (Phi) is 18.8. The Bertz CT molecular complexity index is 10200. The van der Waals surface area contributed by atoms with E-state index in [0.717, 1.165) is 165 Å². The number of nitrogens with zero attached hydrogens (tertiary/aromatic N) is 9. The van der Waals surface area contributed by atoms with Crippen LogP contribution in [-0.2, 0) is 0 Å². The van der Waals surface area contributed by atoms with Crippen molar-refractivity contribution in [3.05, 3.63) is 443 Å². The molecule has 31 aromatic rings. The van der Waals surface area contributed by atoms with Crippen molar-refractivity contribution in [3.8, 4) is 96.1 Å². The minimum absolute atomic E-state index is 0.704. The maximum Gasteiger partial charge on any atom is 0.161 e. The molecule has 19 aromatic carbocycles. The highest BCUT2D eigenvalue weighted by molar-refractivity contribution is 7.28. The van der Waals surface area contributed by atoms with Crippen molar-refractivity contribution in [2.45, 2.75) is 0 Å². The predicted octanol–water partition coefficient (Wildman–Crippen LogP) is 36.1. The molecule has 0 N–H and O–H groups in total. The maximum atomic E-state index is 6.53. The van der Waals surface area contributed by atoms with Crippen molar-refractivity contribution in [2.75, 3.05) is 0 Å². The lowest BCUT2D eigenvalue weighted by Gasteiger charge is -2.10. The van der Waals surface area contributed by atoms with Gasteiger partial charge in [-0.1, -0.05) is 309 Å². The first kappa shape index (κ1) is 80.9. The molecule has 0 spiro atoms. The Morgan fingerprint density at radius 1 is 0.184 bits per heavy atom. The second kappa shape index (κ2) is 32.7.